The van der Waals surface area contributed by atoms with E-state index in [0.29, 0.717) is 18.7 Å². The van der Waals surface area contributed by atoms with Crippen molar-refractivity contribution in [2.45, 2.75) is 90.6 Å². The number of benzene rings is 2. The van der Waals surface area contributed by atoms with E-state index in [1.807, 2.05) is 64.1 Å². The molecule has 0 radical (unpaired) electrons. The topological polar surface area (TPSA) is 86.8 Å². The summed E-state index contributed by atoms with van der Waals surface area (Å²) in [4.78, 5) is 28.9. The number of carbonyl (C=O) groups is 2. The van der Waals surface area contributed by atoms with E-state index in [-0.39, 0.29) is 30.3 Å². The molecule has 4 aliphatic carbocycles. The summed E-state index contributed by atoms with van der Waals surface area (Å²) in [5, 5.41) is 2.97. The average molecular weight is 608 g/mol. The fourth-order valence-electron chi connectivity index (χ4n) is 8.29. The van der Waals surface area contributed by atoms with Crippen molar-refractivity contribution >= 4 is 27.5 Å². The predicted octanol–water partition coefficient (Wildman–Crippen LogP) is 5.81. The van der Waals surface area contributed by atoms with E-state index < -0.39 is 22.0 Å². The molecule has 1 N–H and O–H groups in total. The number of amides is 2. The number of hydrogen-bond donors (Lipinski definition) is 1. The molecule has 7 nitrogen and oxygen atoms in total. The Kier molecular flexibility index (Phi) is 9.26. The molecule has 0 aromatic heterocycles. The van der Waals surface area contributed by atoms with Gasteiger partial charge in [0.25, 0.3) is 0 Å². The largest absolute Gasteiger partial charge is 0.354 e. The maximum atomic E-state index is 14.0. The van der Waals surface area contributed by atoms with Crippen LogP contribution in [0.2, 0.25) is 0 Å². The standard InChI is InChI=1S/C35H49N3O4S/c1-6-32(34(40)36-21-24(2)3)37(22-26-9-7-25(4)8-10-26)33(39)23-38(43(5,41)42)31-13-11-30(12-14-31)35-18-27-15-28(19-35)17-29(16-27)20-35/h7-14,24,27-29,32H,6,15-23H2,1-5H3,(H,36,40). The summed E-state index contributed by atoms with van der Waals surface area (Å²) in [6.07, 6.45) is 9.37. The number of aryl methyl sites for hydroxylation is 1. The normalized spacial score (nSPS) is 25.0. The van der Waals surface area contributed by atoms with Crippen molar-refractivity contribution in [3.63, 3.8) is 0 Å². The fraction of sp³-hybridized carbons (Fsp3) is 0.600. The van der Waals surface area contributed by atoms with Crippen LogP contribution in [0.15, 0.2) is 48.5 Å². The molecule has 2 amide bonds. The van der Waals surface area contributed by atoms with Crippen molar-refractivity contribution < 1.29 is 18.0 Å². The van der Waals surface area contributed by atoms with E-state index in [9.17, 15) is 18.0 Å². The van der Waals surface area contributed by atoms with Gasteiger partial charge in [-0.15, -0.1) is 0 Å². The van der Waals surface area contributed by atoms with Gasteiger partial charge in [0.05, 0.1) is 11.9 Å². The van der Waals surface area contributed by atoms with Gasteiger partial charge < -0.3 is 10.2 Å². The first kappa shape index (κ1) is 31.6. The van der Waals surface area contributed by atoms with Crippen LogP contribution >= 0.6 is 0 Å². The van der Waals surface area contributed by atoms with Crippen molar-refractivity contribution in [2.75, 3.05) is 23.7 Å². The summed E-state index contributed by atoms with van der Waals surface area (Å²) in [5.41, 5.74) is 3.99. The highest BCUT2D eigenvalue weighted by atomic mass is 32.2. The summed E-state index contributed by atoms with van der Waals surface area (Å²) in [6, 6.07) is 15.1. The second-order valence-electron chi connectivity index (χ2n) is 14.1. The number of nitrogens with one attached hydrogen (secondary N) is 1. The highest BCUT2D eigenvalue weighted by Crippen LogP contribution is 2.60. The van der Waals surface area contributed by atoms with Gasteiger partial charge in [-0.3, -0.25) is 13.9 Å². The Morgan fingerprint density at radius 3 is 1.98 bits per heavy atom. The molecule has 1 unspecified atom stereocenters. The van der Waals surface area contributed by atoms with Crippen LogP contribution in [0.25, 0.3) is 0 Å². The van der Waals surface area contributed by atoms with Crippen LogP contribution < -0.4 is 9.62 Å². The Balaban J connectivity index is 1.39. The van der Waals surface area contributed by atoms with Crippen LogP contribution in [0.1, 0.15) is 82.4 Å². The van der Waals surface area contributed by atoms with Gasteiger partial charge in [-0.2, -0.15) is 0 Å². The predicted molar refractivity (Wildman–Crippen MR) is 172 cm³/mol. The summed E-state index contributed by atoms with van der Waals surface area (Å²) in [6.45, 7) is 8.29. The zero-order chi connectivity index (χ0) is 30.9. The number of sulfonamides is 1. The Morgan fingerprint density at radius 2 is 1.49 bits per heavy atom. The Morgan fingerprint density at radius 1 is 0.930 bits per heavy atom. The quantitative estimate of drug-likeness (QED) is 0.330. The first-order valence-corrected chi connectivity index (χ1v) is 17.9. The van der Waals surface area contributed by atoms with Crippen LogP contribution in [0, 0.1) is 30.6 Å². The number of nitrogens with zero attached hydrogens (tertiary/aromatic N) is 2. The van der Waals surface area contributed by atoms with Crippen molar-refractivity contribution in [3.05, 3.63) is 65.2 Å². The second-order valence-corrected chi connectivity index (χ2v) is 16.0. The van der Waals surface area contributed by atoms with Gasteiger partial charge in [-0.25, -0.2) is 8.42 Å². The minimum Gasteiger partial charge on any atom is -0.354 e. The third-order valence-corrected chi connectivity index (χ3v) is 11.2. The lowest BCUT2D eigenvalue weighted by Crippen LogP contribution is -2.52. The zero-order valence-corrected chi connectivity index (χ0v) is 27.3. The first-order chi connectivity index (χ1) is 20.4. The van der Waals surface area contributed by atoms with Crippen molar-refractivity contribution in [1.82, 2.24) is 10.2 Å². The number of hydrogen-bond acceptors (Lipinski definition) is 4. The molecule has 0 heterocycles. The van der Waals surface area contributed by atoms with Gasteiger partial charge >= 0.3 is 0 Å². The maximum absolute atomic E-state index is 14.0. The van der Waals surface area contributed by atoms with Crippen molar-refractivity contribution in [3.8, 4) is 0 Å². The second kappa shape index (κ2) is 12.6. The van der Waals surface area contributed by atoms with Gasteiger partial charge in [-0.1, -0.05) is 62.7 Å². The molecule has 1 atom stereocenters. The van der Waals surface area contributed by atoms with E-state index in [1.54, 1.807) is 4.90 Å². The van der Waals surface area contributed by atoms with Crippen LogP contribution in [0.4, 0.5) is 5.69 Å². The molecule has 43 heavy (non-hydrogen) atoms. The van der Waals surface area contributed by atoms with Gasteiger partial charge in [-0.05, 0) is 104 Å². The highest BCUT2D eigenvalue weighted by molar-refractivity contribution is 7.92. The third kappa shape index (κ3) is 7.11. The molecule has 0 saturated heterocycles. The molecular weight excluding hydrogens is 558 g/mol. The molecule has 2 aromatic carbocycles. The lowest BCUT2D eigenvalue weighted by atomic mass is 9.48. The summed E-state index contributed by atoms with van der Waals surface area (Å²) >= 11 is 0. The lowest BCUT2D eigenvalue weighted by Gasteiger charge is -2.57. The highest BCUT2D eigenvalue weighted by Gasteiger charge is 2.51. The number of anilines is 1. The molecule has 0 spiro atoms. The molecular formula is C35H49N3O4S. The van der Waals surface area contributed by atoms with Gasteiger partial charge in [0.1, 0.15) is 12.6 Å². The van der Waals surface area contributed by atoms with Crippen LogP contribution in [-0.2, 0) is 31.6 Å². The fourth-order valence-corrected chi connectivity index (χ4v) is 9.14. The summed E-state index contributed by atoms with van der Waals surface area (Å²) < 4.78 is 27.4. The van der Waals surface area contributed by atoms with Gasteiger partial charge in [0, 0.05) is 13.1 Å². The molecule has 2 aromatic rings. The molecule has 4 aliphatic rings. The smallest absolute Gasteiger partial charge is 0.244 e. The summed E-state index contributed by atoms with van der Waals surface area (Å²) in [7, 11) is -3.77. The van der Waals surface area contributed by atoms with E-state index >= 15 is 0 Å². The number of rotatable bonds is 12. The minimum atomic E-state index is -3.77. The average Bonchev–Trinajstić information content (AvgIpc) is 2.94. The SMILES string of the molecule is CCC(C(=O)NCC(C)C)N(Cc1ccc(C)cc1)C(=O)CN(c1ccc(C23CC4CC(CC(C4)C2)C3)cc1)S(C)(=O)=O. The molecule has 4 fully saturated rings. The van der Waals surface area contributed by atoms with E-state index in [1.165, 1.54) is 48.4 Å². The molecule has 234 valence electrons. The molecule has 0 aliphatic heterocycles. The number of carbonyl (C=O) groups excluding carboxylic acids is 2. The first-order valence-electron chi connectivity index (χ1n) is 16.1. The van der Waals surface area contributed by atoms with Crippen LogP contribution in [-0.4, -0.2) is 50.5 Å². The van der Waals surface area contributed by atoms with E-state index in [0.717, 1.165) is 35.1 Å². The molecule has 4 bridgehead atoms. The van der Waals surface area contributed by atoms with E-state index in [4.69, 9.17) is 0 Å². The Bertz CT molecular complexity index is 1370. The third-order valence-electron chi connectivity index (χ3n) is 10.0. The van der Waals surface area contributed by atoms with Crippen molar-refractivity contribution in [1.29, 1.82) is 0 Å². The maximum Gasteiger partial charge on any atom is 0.244 e. The van der Waals surface area contributed by atoms with Crippen molar-refractivity contribution in [2.24, 2.45) is 23.7 Å². The minimum absolute atomic E-state index is 0.210. The Hall–Kier alpha value is -2.87. The molecule has 4 saturated carbocycles. The summed E-state index contributed by atoms with van der Waals surface area (Å²) in [5.74, 6) is 2.11. The van der Waals surface area contributed by atoms with Crippen LogP contribution in [0.3, 0.4) is 0 Å². The molecule has 6 rings (SSSR count). The monoisotopic (exact) mass is 607 g/mol. The van der Waals surface area contributed by atoms with Crippen LogP contribution in [0.5, 0.6) is 0 Å². The molecule has 8 heteroatoms. The zero-order valence-electron chi connectivity index (χ0n) is 26.5. The van der Waals surface area contributed by atoms with Gasteiger partial charge in [0.15, 0.2) is 0 Å². The Labute approximate surface area is 258 Å². The van der Waals surface area contributed by atoms with Gasteiger partial charge in [0.2, 0.25) is 21.8 Å². The van der Waals surface area contributed by atoms with E-state index in [2.05, 4.69) is 17.4 Å². The lowest BCUT2D eigenvalue weighted by molar-refractivity contribution is -0.140.